The minimum Gasteiger partial charge on any atom is -0.392 e. The monoisotopic (exact) mass is 218 g/mol. The van der Waals surface area contributed by atoms with E-state index in [1.807, 2.05) is 0 Å². The molecule has 2 atom stereocenters. The Balaban J connectivity index is 4.16. The molecule has 0 spiro atoms. The van der Waals surface area contributed by atoms with Gasteiger partial charge in [-0.25, -0.2) is 0 Å². The quantitative estimate of drug-likeness (QED) is 0.607. The second-order valence-electron chi connectivity index (χ2n) is 4.16. The molecule has 0 saturated heterocycles. The van der Waals surface area contributed by atoms with E-state index in [0.29, 0.717) is 12.2 Å². The smallest absolute Gasteiger partial charge is 0.335 e. The summed E-state index contributed by atoms with van der Waals surface area (Å²) in [4.78, 5) is 0. The summed E-state index contributed by atoms with van der Waals surface area (Å²) in [5, 5.41) is 0. The summed E-state index contributed by atoms with van der Waals surface area (Å²) < 4.78 is 12.1. The molecule has 0 heterocycles. The predicted molar refractivity (Wildman–Crippen MR) is 63.8 cm³/mol. The first-order chi connectivity index (χ1) is 6.47. The van der Waals surface area contributed by atoms with Gasteiger partial charge in [0.15, 0.2) is 0 Å². The lowest BCUT2D eigenvalue weighted by Crippen LogP contribution is -2.43. The average molecular weight is 218 g/mol. The van der Waals surface area contributed by atoms with Gasteiger partial charge in [0.05, 0.1) is 0 Å². The van der Waals surface area contributed by atoms with Crippen molar-refractivity contribution in [3.05, 3.63) is 0 Å². The Labute approximate surface area is 90.2 Å². The lowest BCUT2D eigenvalue weighted by Gasteiger charge is -2.31. The molecule has 3 heteroatoms. The summed E-state index contributed by atoms with van der Waals surface area (Å²) in [6, 6.07) is 1.03. The first kappa shape index (κ1) is 14.1. The SMILES string of the molecule is CCC(C)O[Si](C)(CC)OC(C)CC. The summed E-state index contributed by atoms with van der Waals surface area (Å²) in [5.41, 5.74) is 0. The molecule has 0 aromatic rings. The molecule has 0 fully saturated rings. The third-order valence-corrected chi connectivity index (χ3v) is 5.78. The van der Waals surface area contributed by atoms with Gasteiger partial charge >= 0.3 is 8.56 Å². The Morgan fingerprint density at radius 2 is 1.29 bits per heavy atom. The van der Waals surface area contributed by atoms with Gasteiger partial charge in [-0.05, 0) is 39.3 Å². The fourth-order valence-corrected chi connectivity index (χ4v) is 3.64. The van der Waals surface area contributed by atoms with Crippen molar-refractivity contribution in [3.63, 3.8) is 0 Å². The fraction of sp³-hybridized carbons (Fsp3) is 1.00. The van der Waals surface area contributed by atoms with E-state index in [1.165, 1.54) is 0 Å². The Hall–Kier alpha value is 0.137. The van der Waals surface area contributed by atoms with Gasteiger partial charge in [-0.1, -0.05) is 20.8 Å². The number of rotatable bonds is 7. The first-order valence-electron chi connectivity index (χ1n) is 5.83. The van der Waals surface area contributed by atoms with Crippen LogP contribution >= 0.6 is 0 Å². The normalized spacial score (nSPS) is 20.1. The van der Waals surface area contributed by atoms with Crippen LogP contribution in [0, 0.1) is 0 Å². The van der Waals surface area contributed by atoms with Crippen molar-refractivity contribution in [3.8, 4) is 0 Å². The zero-order valence-corrected chi connectivity index (χ0v) is 11.6. The molecule has 0 aliphatic heterocycles. The van der Waals surface area contributed by atoms with Gasteiger partial charge in [0.1, 0.15) is 0 Å². The molecule has 0 aliphatic rings. The number of hydrogen-bond donors (Lipinski definition) is 0. The molecule has 0 aromatic heterocycles. The summed E-state index contributed by atoms with van der Waals surface area (Å²) >= 11 is 0. The molecule has 0 rings (SSSR count). The summed E-state index contributed by atoms with van der Waals surface area (Å²) in [7, 11) is -1.89. The largest absolute Gasteiger partial charge is 0.392 e. The van der Waals surface area contributed by atoms with Crippen molar-refractivity contribution in [2.75, 3.05) is 0 Å². The van der Waals surface area contributed by atoms with Gasteiger partial charge in [-0.2, -0.15) is 0 Å². The van der Waals surface area contributed by atoms with E-state index >= 15 is 0 Å². The zero-order chi connectivity index (χ0) is 11.2. The minimum absolute atomic E-state index is 0.329. The van der Waals surface area contributed by atoms with Crippen LogP contribution in [0.2, 0.25) is 12.6 Å². The molecule has 86 valence electrons. The van der Waals surface area contributed by atoms with Crippen molar-refractivity contribution in [1.29, 1.82) is 0 Å². The molecule has 0 aromatic carbocycles. The molecule has 14 heavy (non-hydrogen) atoms. The van der Waals surface area contributed by atoms with Gasteiger partial charge in [0, 0.05) is 12.2 Å². The van der Waals surface area contributed by atoms with Crippen molar-refractivity contribution in [2.45, 2.75) is 72.3 Å². The van der Waals surface area contributed by atoms with Crippen LogP contribution < -0.4 is 0 Å². The minimum atomic E-state index is -1.89. The molecule has 2 unspecified atom stereocenters. The fourth-order valence-electron chi connectivity index (χ4n) is 1.21. The van der Waals surface area contributed by atoms with Crippen LogP contribution in [0.1, 0.15) is 47.5 Å². The lowest BCUT2D eigenvalue weighted by molar-refractivity contribution is 0.0921. The Bertz CT molecular complexity index is 138. The van der Waals surface area contributed by atoms with E-state index in [0.717, 1.165) is 18.9 Å². The molecule has 0 radical (unpaired) electrons. The third-order valence-electron chi connectivity index (χ3n) is 2.69. The van der Waals surface area contributed by atoms with Crippen LogP contribution in [0.25, 0.3) is 0 Å². The van der Waals surface area contributed by atoms with Crippen LogP contribution in [-0.2, 0) is 8.85 Å². The van der Waals surface area contributed by atoms with Crippen LogP contribution in [0.15, 0.2) is 0 Å². The molecular formula is C11H26O2Si. The third kappa shape index (κ3) is 5.13. The van der Waals surface area contributed by atoms with Gasteiger partial charge in [-0.15, -0.1) is 0 Å². The summed E-state index contributed by atoms with van der Waals surface area (Å²) in [6.45, 7) is 12.9. The van der Waals surface area contributed by atoms with Crippen LogP contribution in [0.5, 0.6) is 0 Å². The van der Waals surface area contributed by atoms with Crippen molar-refractivity contribution in [1.82, 2.24) is 0 Å². The maximum Gasteiger partial charge on any atom is 0.335 e. The first-order valence-corrected chi connectivity index (χ1v) is 8.35. The lowest BCUT2D eigenvalue weighted by atomic mass is 10.3. The molecule has 0 N–H and O–H groups in total. The van der Waals surface area contributed by atoms with Crippen molar-refractivity contribution >= 4 is 8.56 Å². The highest BCUT2D eigenvalue weighted by atomic mass is 28.4. The highest BCUT2D eigenvalue weighted by Gasteiger charge is 2.32. The maximum atomic E-state index is 6.03. The standard InChI is InChI=1S/C11H26O2Si/c1-7-10(4)12-14(6,9-3)13-11(5)8-2/h10-11H,7-9H2,1-6H3. The Morgan fingerprint density at radius 1 is 0.929 bits per heavy atom. The van der Waals surface area contributed by atoms with Crippen molar-refractivity contribution < 1.29 is 8.85 Å². The average Bonchev–Trinajstić information content (AvgIpc) is 2.17. The van der Waals surface area contributed by atoms with Gasteiger partial charge in [0.2, 0.25) is 0 Å². The van der Waals surface area contributed by atoms with E-state index in [-0.39, 0.29) is 0 Å². The summed E-state index contributed by atoms with van der Waals surface area (Å²) in [6.07, 6.45) is 2.78. The molecule has 0 bridgehead atoms. The molecule has 0 amide bonds. The van der Waals surface area contributed by atoms with Crippen LogP contribution in [0.3, 0.4) is 0 Å². The van der Waals surface area contributed by atoms with Crippen molar-refractivity contribution in [2.24, 2.45) is 0 Å². The highest BCUT2D eigenvalue weighted by Crippen LogP contribution is 2.19. The molecule has 0 aliphatic carbocycles. The van der Waals surface area contributed by atoms with E-state index in [9.17, 15) is 0 Å². The second-order valence-corrected chi connectivity index (χ2v) is 7.61. The number of hydrogen-bond acceptors (Lipinski definition) is 2. The molecule has 0 saturated carbocycles. The molecular weight excluding hydrogens is 192 g/mol. The topological polar surface area (TPSA) is 18.5 Å². The predicted octanol–water partition coefficient (Wildman–Crippen LogP) is 3.71. The van der Waals surface area contributed by atoms with E-state index < -0.39 is 8.56 Å². The maximum absolute atomic E-state index is 6.03. The Morgan fingerprint density at radius 3 is 1.50 bits per heavy atom. The second kappa shape index (κ2) is 6.59. The van der Waals surface area contributed by atoms with Crippen LogP contribution in [-0.4, -0.2) is 20.8 Å². The summed E-state index contributed by atoms with van der Waals surface area (Å²) in [5.74, 6) is 0. The van der Waals surface area contributed by atoms with Crippen LogP contribution in [0.4, 0.5) is 0 Å². The van der Waals surface area contributed by atoms with Gasteiger partial charge < -0.3 is 8.85 Å². The van der Waals surface area contributed by atoms with E-state index in [2.05, 4.69) is 41.2 Å². The van der Waals surface area contributed by atoms with E-state index in [1.54, 1.807) is 0 Å². The van der Waals surface area contributed by atoms with Gasteiger partial charge in [-0.3, -0.25) is 0 Å². The Kier molecular flexibility index (Phi) is 6.65. The molecule has 2 nitrogen and oxygen atoms in total. The highest BCUT2D eigenvalue weighted by molar-refractivity contribution is 6.66. The van der Waals surface area contributed by atoms with Gasteiger partial charge in [0.25, 0.3) is 0 Å². The zero-order valence-electron chi connectivity index (χ0n) is 10.6. The van der Waals surface area contributed by atoms with E-state index in [4.69, 9.17) is 8.85 Å².